The van der Waals surface area contributed by atoms with Crippen LogP contribution in [0.2, 0.25) is 0 Å². The van der Waals surface area contributed by atoms with Crippen LogP contribution in [0.5, 0.6) is 0 Å². The molecule has 0 bridgehead atoms. The van der Waals surface area contributed by atoms with Crippen molar-refractivity contribution < 1.29 is 19.0 Å². The number of carbonyl (C=O) groups excluding carboxylic acids is 1. The van der Waals surface area contributed by atoms with E-state index in [0.717, 1.165) is 24.1 Å². The highest BCUT2D eigenvalue weighted by Crippen LogP contribution is 2.34. The minimum Gasteiger partial charge on any atom is -0.432 e. The summed E-state index contributed by atoms with van der Waals surface area (Å²) in [5, 5.41) is 10.7. The average molecular weight is 424 g/mol. The number of pyridine rings is 1. The molecular formula is C21H24N6O4. The maximum absolute atomic E-state index is 12.1. The van der Waals surface area contributed by atoms with E-state index in [1.807, 2.05) is 18.2 Å². The summed E-state index contributed by atoms with van der Waals surface area (Å²) < 4.78 is 18.5. The predicted molar refractivity (Wildman–Crippen MR) is 111 cm³/mol. The quantitative estimate of drug-likeness (QED) is 0.612. The molecule has 10 heteroatoms. The van der Waals surface area contributed by atoms with Crippen LogP contribution in [0.4, 0.5) is 10.6 Å². The summed E-state index contributed by atoms with van der Waals surface area (Å²) in [6, 6.07) is 9.25. The van der Waals surface area contributed by atoms with Crippen LogP contribution >= 0.6 is 0 Å². The third-order valence-corrected chi connectivity index (χ3v) is 4.96. The van der Waals surface area contributed by atoms with Crippen molar-refractivity contribution in [2.45, 2.75) is 44.5 Å². The molecule has 1 aliphatic rings. The number of ether oxygens (including phenoxy) is 3. The van der Waals surface area contributed by atoms with Crippen LogP contribution in [-0.2, 0) is 19.8 Å². The number of hydrogen-bond donors (Lipinski definition) is 1. The van der Waals surface area contributed by atoms with Gasteiger partial charge in [-0.3, -0.25) is 4.98 Å². The van der Waals surface area contributed by atoms with Crippen molar-refractivity contribution in [3.8, 4) is 6.57 Å². The molecule has 1 aliphatic heterocycles. The number of nitrogens with zero attached hydrogens (tertiary/aromatic N) is 5. The van der Waals surface area contributed by atoms with Gasteiger partial charge in [0.05, 0.1) is 17.5 Å². The van der Waals surface area contributed by atoms with Crippen LogP contribution in [0.1, 0.15) is 44.2 Å². The van der Waals surface area contributed by atoms with Crippen molar-refractivity contribution in [1.82, 2.24) is 19.6 Å². The first-order valence-electron chi connectivity index (χ1n) is 9.71. The average Bonchev–Trinajstić information content (AvgIpc) is 3.42. The molecule has 162 valence electrons. The molecule has 3 aromatic rings. The summed E-state index contributed by atoms with van der Waals surface area (Å²) in [6.07, 6.45) is 3.51. The number of nitriles is 1. The number of carbonyl (C=O) groups is 1. The summed E-state index contributed by atoms with van der Waals surface area (Å²) in [4.78, 5) is 20.4. The molecule has 0 aromatic carbocycles. The van der Waals surface area contributed by atoms with E-state index < -0.39 is 11.8 Å². The first kappa shape index (κ1) is 22.0. The van der Waals surface area contributed by atoms with Gasteiger partial charge in [0.1, 0.15) is 24.6 Å². The third-order valence-electron chi connectivity index (χ3n) is 4.96. The predicted octanol–water partition coefficient (Wildman–Crippen LogP) is 3.15. The second-order valence-corrected chi connectivity index (χ2v) is 7.41. The van der Waals surface area contributed by atoms with Crippen molar-refractivity contribution in [2.75, 3.05) is 12.3 Å². The van der Waals surface area contributed by atoms with Gasteiger partial charge in [0.2, 0.25) is 0 Å². The standard InChI is InChI=1S/C20H23N5O4.CHN/c1-20(2,17-5-3-4-10-22-17)29-19(26)27-11-13-6-9-16(28-13)14-7-8-15-18(21)23-12-24-25(14)15;1-2/h3-5,7-8,10,12-13,16H,6,9,11H2,1-2H3,(H2,21,23,24);1H. The van der Waals surface area contributed by atoms with Gasteiger partial charge in [0.25, 0.3) is 0 Å². The summed E-state index contributed by atoms with van der Waals surface area (Å²) >= 11 is 0. The molecule has 0 amide bonds. The van der Waals surface area contributed by atoms with Crippen LogP contribution in [0.15, 0.2) is 42.9 Å². The molecule has 2 N–H and O–H groups in total. The number of fused-ring (bicyclic) bond motifs is 1. The Kier molecular flexibility index (Phi) is 6.67. The second kappa shape index (κ2) is 9.40. The lowest BCUT2D eigenvalue weighted by molar-refractivity contribution is -0.0489. The number of rotatable bonds is 5. The Morgan fingerprint density at radius 3 is 2.84 bits per heavy atom. The zero-order valence-corrected chi connectivity index (χ0v) is 17.3. The van der Waals surface area contributed by atoms with Crippen molar-refractivity contribution in [2.24, 2.45) is 0 Å². The number of anilines is 1. The number of nitrogens with two attached hydrogens (primary N) is 1. The molecule has 1 fully saturated rings. The Hall–Kier alpha value is -3.71. The molecule has 4 heterocycles. The molecule has 2 unspecified atom stereocenters. The Bertz CT molecular complexity index is 1050. The van der Waals surface area contributed by atoms with Crippen LogP contribution in [0.25, 0.3) is 5.52 Å². The third kappa shape index (κ3) is 4.90. The summed E-state index contributed by atoms with van der Waals surface area (Å²) in [6.45, 7) is 7.15. The molecule has 0 radical (unpaired) electrons. The number of aromatic nitrogens is 4. The minimum atomic E-state index is -0.887. The van der Waals surface area contributed by atoms with Crippen LogP contribution < -0.4 is 5.73 Å². The number of nitrogen functional groups attached to an aromatic ring is 1. The number of hydrogen-bond acceptors (Lipinski definition) is 9. The Balaban J connectivity index is 0.00000132. The van der Waals surface area contributed by atoms with Crippen molar-refractivity contribution in [3.63, 3.8) is 0 Å². The SMILES string of the molecule is C#N.CC(C)(OC(=O)OCC1CCC(c2ccc3c(N)ncnn23)O1)c1ccccn1. The zero-order valence-electron chi connectivity index (χ0n) is 17.3. The van der Waals surface area contributed by atoms with E-state index >= 15 is 0 Å². The fourth-order valence-electron chi connectivity index (χ4n) is 3.43. The molecule has 1 saturated heterocycles. The molecule has 4 rings (SSSR count). The monoisotopic (exact) mass is 424 g/mol. The van der Waals surface area contributed by atoms with E-state index in [2.05, 4.69) is 21.6 Å². The lowest BCUT2D eigenvalue weighted by atomic mass is 10.0. The summed E-state index contributed by atoms with van der Waals surface area (Å²) in [5.74, 6) is 0.419. The highest BCUT2D eigenvalue weighted by Gasteiger charge is 2.32. The fraction of sp³-hybridized carbons (Fsp3) is 0.381. The van der Waals surface area contributed by atoms with E-state index in [1.54, 1.807) is 36.7 Å². The first-order valence-corrected chi connectivity index (χ1v) is 9.71. The van der Waals surface area contributed by atoms with Gasteiger partial charge in [-0.05, 0) is 51.0 Å². The van der Waals surface area contributed by atoms with Crippen LogP contribution in [0, 0.1) is 11.8 Å². The van der Waals surface area contributed by atoms with Crippen molar-refractivity contribution in [1.29, 1.82) is 5.26 Å². The van der Waals surface area contributed by atoms with E-state index in [4.69, 9.17) is 25.2 Å². The molecule has 10 nitrogen and oxygen atoms in total. The molecular weight excluding hydrogens is 400 g/mol. The van der Waals surface area contributed by atoms with E-state index in [9.17, 15) is 4.79 Å². The van der Waals surface area contributed by atoms with E-state index in [0.29, 0.717) is 11.5 Å². The highest BCUT2D eigenvalue weighted by molar-refractivity contribution is 5.65. The fourth-order valence-corrected chi connectivity index (χ4v) is 3.43. The Morgan fingerprint density at radius 2 is 2.10 bits per heavy atom. The smallest absolute Gasteiger partial charge is 0.432 e. The maximum Gasteiger partial charge on any atom is 0.509 e. The Labute approximate surface area is 179 Å². The lowest BCUT2D eigenvalue weighted by Gasteiger charge is -2.24. The molecule has 0 aliphatic carbocycles. The molecule has 0 spiro atoms. The largest absolute Gasteiger partial charge is 0.509 e. The molecule has 31 heavy (non-hydrogen) atoms. The second-order valence-electron chi connectivity index (χ2n) is 7.41. The van der Waals surface area contributed by atoms with Gasteiger partial charge >= 0.3 is 6.16 Å². The van der Waals surface area contributed by atoms with Gasteiger partial charge in [-0.15, -0.1) is 0 Å². The first-order chi connectivity index (χ1) is 14.9. The van der Waals surface area contributed by atoms with Crippen LogP contribution in [0.3, 0.4) is 0 Å². The molecule has 3 aromatic heterocycles. The van der Waals surface area contributed by atoms with Gasteiger partial charge in [0.15, 0.2) is 11.4 Å². The van der Waals surface area contributed by atoms with Crippen LogP contribution in [-0.4, -0.2) is 38.4 Å². The zero-order chi connectivity index (χ0) is 22.4. The van der Waals surface area contributed by atoms with Crippen molar-refractivity contribution in [3.05, 3.63) is 54.2 Å². The summed E-state index contributed by atoms with van der Waals surface area (Å²) in [7, 11) is 0. The topological polar surface area (TPSA) is 138 Å². The van der Waals surface area contributed by atoms with Gasteiger partial charge in [0, 0.05) is 12.8 Å². The normalized spacial score (nSPS) is 18.2. The van der Waals surface area contributed by atoms with Gasteiger partial charge in [-0.2, -0.15) is 5.10 Å². The molecule has 2 atom stereocenters. The van der Waals surface area contributed by atoms with Gasteiger partial charge in [-0.1, -0.05) is 6.07 Å². The highest BCUT2D eigenvalue weighted by atomic mass is 16.7. The van der Waals surface area contributed by atoms with Crippen molar-refractivity contribution >= 4 is 17.5 Å². The van der Waals surface area contributed by atoms with E-state index in [1.165, 1.54) is 6.33 Å². The lowest BCUT2D eigenvalue weighted by Crippen LogP contribution is -2.28. The minimum absolute atomic E-state index is 0.119. The molecule has 0 saturated carbocycles. The van der Waals surface area contributed by atoms with E-state index in [-0.39, 0.29) is 18.8 Å². The van der Waals surface area contributed by atoms with Gasteiger partial charge < -0.3 is 19.9 Å². The summed E-state index contributed by atoms with van der Waals surface area (Å²) in [5.41, 5.74) is 7.28. The maximum atomic E-state index is 12.1. The van der Waals surface area contributed by atoms with Gasteiger partial charge in [-0.25, -0.2) is 19.6 Å². The Morgan fingerprint density at radius 1 is 1.29 bits per heavy atom.